The average Bonchev–Trinajstić information content (AvgIpc) is 2.28. The fourth-order valence-corrected chi connectivity index (χ4v) is 1.95. The highest BCUT2D eigenvalue weighted by Gasteiger charge is 2.20. The second-order valence-electron chi connectivity index (χ2n) is 3.93. The van der Waals surface area contributed by atoms with Crippen molar-refractivity contribution in [1.82, 2.24) is 9.97 Å². The number of nitrogens with two attached hydrogens (primary N) is 2. The highest BCUT2D eigenvalue weighted by molar-refractivity contribution is 5.50. The average molecular weight is 223 g/mol. The van der Waals surface area contributed by atoms with Gasteiger partial charge >= 0.3 is 0 Å². The summed E-state index contributed by atoms with van der Waals surface area (Å²) < 4.78 is 5.31. The molecule has 1 aromatic heterocycles. The van der Waals surface area contributed by atoms with E-state index < -0.39 is 0 Å². The van der Waals surface area contributed by atoms with Crippen LogP contribution in [0.4, 0.5) is 17.6 Å². The Kier molecular flexibility index (Phi) is 3.09. The van der Waals surface area contributed by atoms with Gasteiger partial charge < -0.3 is 21.1 Å². The molecule has 6 nitrogen and oxygen atoms in total. The Labute approximate surface area is 94.6 Å². The van der Waals surface area contributed by atoms with Crippen molar-refractivity contribution in [2.75, 3.05) is 36.6 Å². The standard InChI is InChI=1S/C10H17N5O/c1-16-7-2-4-15(5-3-7)9-6-8(11)13-10(12)14-9/h6-7H,2-5H2,1H3,(H4,11,12,13,14). The third-order valence-corrected chi connectivity index (χ3v) is 2.85. The lowest BCUT2D eigenvalue weighted by Gasteiger charge is -2.32. The molecule has 1 saturated heterocycles. The zero-order chi connectivity index (χ0) is 11.5. The third-order valence-electron chi connectivity index (χ3n) is 2.85. The van der Waals surface area contributed by atoms with Crippen LogP contribution in [-0.2, 0) is 4.74 Å². The predicted octanol–water partition coefficient (Wildman–Crippen LogP) is 0.256. The van der Waals surface area contributed by atoms with Gasteiger partial charge in [0.05, 0.1) is 6.10 Å². The van der Waals surface area contributed by atoms with Gasteiger partial charge in [-0.05, 0) is 12.8 Å². The van der Waals surface area contributed by atoms with Crippen molar-refractivity contribution in [1.29, 1.82) is 0 Å². The molecule has 0 aliphatic carbocycles. The minimum Gasteiger partial charge on any atom is -0.383 e. The van der Waals surface area contributed by atoms with Crippen LogP contribution < -0.4 is 16.4 Å². The van der Waals surface area contributed by atoms with Gasteiger partial charge in [-0.25, -0.2) is 0 Å². The Morgan fingerprint density at radius 2 is 2.00 bits per heavy atom. The number of methoxy groups -OCH3 is 1. The van der Waals surface area contributed by atoms with E-state index in [1.54, 1.807) is 13.2 Å². The first-order valence-electron chi connectivity index (χ1n) is 5.37. The summed E-state index contributed by atoms with van der Waals surface area (Å²) in [5.74, 6) is 1.44. The second-order valence-corrected chi connectivity index (χ2v) is 3.93. The molecule has 1 aliphatic heterocycles. The zero-order valence-electron chi connectivity index (χ0n) is 9.39. The maximum Gasteiger partial charge on any atom is 0.223 e. The highest BCUT2D eigenvalue weighted by atomic mass is 16.5. The quantitative estimate of drug-likeness (QED) is 0.747. The molecule has 88 valence electrons. The first-order valence-corrected chi connectivity index (χ1v) is 5.37. The number of rotatable bonds is 2. The van der Waals surface area contributed by atoms with Crippen LogP contribution >= 0.6 is 0 Å². The van der Waals surface area contributed by atoms with Crippen molar-refractivity contribution >= 4 is 17.6 Å². The molecule has 0 spiro atoms. The Morgan fingerprint density at radius 1 is 1.31 bits per heavy atom. The van der Waals surface area contributed by atoms with Gasteiger partial charge in [-0.3, -0.25) is 0 Å². The van der Waals surface area contributed by atoms with Crippen LogP contribution in [0.15, 0.2) is 6.07 Å². The summed E-state index contributed by atoms with van der Waals surface area (Å²) in [6, 6.07) is 1.75. The van der Waals surface area contributed by atoms with E-state index in [0.717, 1.165) is 31.7 Å². The summed E-state index contributed by atoms with van der Waals surface area (Å²) >= 11 is 0. The molecule has 16 heavy (non-hydrogen) atoms. The van der Waals surface area contributed by atoms with Crippen molar-refractivity contribution in [3.05, 3.63) is 6.07 Å². The van der Waals surface area contributed by atoms with Gasteiger partial charge in [0.1, 0.15) is 11.6 Å². The van der Waals surface area contributed by atoms with E-state index in [9.17, 15) is 0 Å². The summed E-state index contributed by atoms with van der Waals surface area (Å²) in [4.78, 5) is 10.2. The van der Waals surface area contributed by atoms with Crippen LogP contribution in [0.5, 0.6) is 0 Å². The van der Waals surface area contributed by atoms with Gasteiger partial charge in [0.25, 0.3) is 0 Å². The second kappa shape index (κ2) is 4.52. The minimum absolute atomic E-state index is 0.226. The van der Waals surface area contributed by atoms with E-state index in [-0.39, 0.29) is 5.95 Å². The van der Waals surface area contributed by atoms with Gasteiger partial charge in [-0.1, -0.05) is 0 Å². The first-order chi connectivity index (χ1) is 7.69. The summed E-state index contributed by atoms with van der Waals surface area (Å²) in [6.07, 6.45) is 2.36. The normalized spacial score (nSPS) is 17.7. The Bertz CT molecular complexity index is 342. The molecule has 1 aromatic rings. The van der Waals surface area contributed by atoms with E-state index in [2.05, 4.69) is 14.9 Å². The zero-order valence-corrected chi connectivity index (χ0v) is 9.39. The number of hydrogen-bond donors (Lipinski definition) is 2. The Hall–Kier alpha value is -1.56. The van der Waals surface area contributed by atoms with Crippen LogP contribution in [0.2, 0.25) is 0 Å². The van der Waals surface area contributed by atoms with E-state index in [1.165, 1.54) is 0 Å². The SMILES string of the molecule is COC1CCN(c2cc(N)nc(N)n2)CC1. The molecule has 0 unspecified atom stereocenters. The minimum atomic E-state index is 0.226. The smallest absolute Gasteiger partial charge is 0.223 e. The van der Waals surface area contributed by atoms with Crippen LogP contribution in [0, 0.1) is 0 Å². The lowest BCUT2D eigenvalue weighted by atomic mass is 10.1. The maximum atomic E-state index is 5.64. The van der Waals surface area contributed by atoms with E-state index in [1.807, 2.05) is 0 Å². The van der Waals surface area contributed by atoms with Gasteiger partial charge in [-0.15, -0.1) is 0 Å². The van der Waals surface area contributed by atoms with Crippen LogP contribution in [0.1, 0.15) is 12.8 Å². The number of hydrogen-bond acceptors (Lipinski definition) is 6. The van der Waals surface area contributed by atoms with Gasteiger partial charge in [0, 0.05) is 26.3 Å². The first kappa shape index (κ1) is 10.9. The van der Waals surface area contributed by atoms with Crippen molar-refractivity contribution in [2.45, 2.75) is 18.9 Å². The molecule has 0 bridgehead atoms. The largest absolute Gasteiger partial charge is 0.383 e. The third kappa shape index (κ3) is 2.33. The van der Waals surface area contributed by atoms with Crippen LogP contribution in [-0.4, -0.2) is 36.3 Å². The molecular weight excluding hydrogens is 206 g/mol. The number of piperidine rings is 1. The highest BCUT2D eigenvalue weighted by Crippen LogP contribution is 2.21. The van der Waals surface area contributed by atoms with Crippen molar-refractivity contribution in [3.63, 3.8) is 0 Å². The lowest BCUT2D eigenvalue weighted by molar-refractivity contribution is 0.0818. The molecule has 2 rings (SSSR count). The summed E-state index contributed by atoms with van der Waals surface area (Å²) in [6.45, 7) is 1.82. The monoisotopic (exact) mass is 223 g/mol. The molecule has 0 saturated carbocycles. The van der Waals surface area contributed by atoms with E-state index in [0.29, 0.717) is 11.9 Å². The molecule has 0 radical (unpaired) electrons. The van der Waals surface area contributed by atoms with Crippen LogP contribution in [0.25, 0.3) is 0 Å². The van der Waals surface area contributed by atoms with Crippen molar-refractivity contribution in [2.24, 2.45) is 0 Å². The molecule has 0 aromatic carbocycles. The number of nitrogens with zero attached hydrogens (tertiary/aromatic N) is 3. The molecule has 0 amide bonds. The van der Waals surface area contributed by atoms with Gasteiger partial charge in [0.2, 0.25) is 5.95 Å². The Balaban J connectivity index is 2.08. The van der Waals surface area contributed by atoms with E-state index in [4.69, 9.17) is 16.2 Å². The van der Waals surface area contributed by atoms with Crippen LogP contribution in [0.3, 0.4) is 0 Å². The predicted molar refractivity (Wildman–Crippen MR) is 63.1 cm³/mol. The molecule has 1 aliphatic rings. The molecule has 2 heterocycles. The molecular formula is C10H17N5O. The fraction of sp³-hybridized carbons (Fsp3) is 0.600. The molecule has 4 N–H and O–H groups in total. The van der Waals surface area contributed by atoms with E-state index >= 15 is 0 Å². The maximum absolute atomic E-state index is 5.64. The van der Waals surface area contributed by atoms with Crippen molar-refractivity contribution in [3.8, 4) is 0 Å². The summed E-state index contributed by atoms with van der Waals surface area (Å²) in [5.41, 5.74) is 11.2. The molecule has 1 fully saturated rings. The topological polar surface area (TPSA) is 90.3 Å². The fourth-order valence-electron chi connectivity index (χ4n) is 1.95. The molecule has 6 heteroatoms. The summed E-state index contributed by atoms with van der Waals surface area (Å²) in [5, 5.41) is 0. The number of anilines is 3. The summed E-state index contributed by atoms with van der Waals surface area (Å²) in [7, 11) is 1.75. The van der Waals surface area contributed by atoms with Gasteiger partial charge in [-0.2, -0.15) is 9.97 Å². The number of ether oxygens (including phenoxy) is 1. The number of nitrogen functional groups attached to an aromatic ring is 2. The number of aromatic nitrogens is 2. The van der Waals surface area contributed by atoms with Gasteiger partial charge in [0.15, 0.2) is 0 Å². The molecule has 0 atom stereocenters. The lowest BCUT2D eigenvalue weighted by Crippen LogP contribution is -2.37. The van der Waals surface area contributed by atoms with Crippen molar-refractivity contribution < 1.29 is 4.74 Å². The Morgan fingerprint density at radius 3 is 2.56 bits per heavy atom.